The Morgan fingerprint density at radius 1 is 1.23 bits per heavy atom. The molecule has 2 aromatic rings. The van der Waals surface area contributed by atoms with Crippen molar-refractivity contribution in [2.45, 2.75) is 20.4 Å². The van der Waals surface area contributed by atoms with Crippen LogP contribution in [-0.4, -0.2) is 24.7 Å². The molecule has 0 aliphatic carbocycles. The fourth-order valence-corrected chi connectivity index (χ4v) is 1.83. The maximum absolute atomic E-state index is 5.36. The summed E-state index contributed by atoms with van der Waals surface area (Å²) >= 11 is 0. The van der Waals surface area contributed by atoms with E-state index in [1.807, 2.05) is 36.4 Å². The molecule has 120 valence electrons. The summed E-state index contributed by atoms with van der Waals surface area (Å²) in [4.78, 5) is 4.18. The number of nitrogens with one attached hydrogen (secondary N) is 2. The second-order valence-corrected chi connectivity index (χ2v) is 5.25. The molecule has 2 rings (SSSR count). The third-order valence-electron chi connectivity index (χ3n) is 2.96. The summed E-state index contributed by atoms with van der Waals surface area (Å²) in [5.74, 6) is 2.12. The first-order chi connectivity index (χ1) is 10.2. The summed E-state index contributed by atoms with van der Waals surface area (Å²) in [7, 11) is 1.76. The Labute approximate surface area is 148 Å². The fourth-order valence-electron chi connectivity index (χ4n) is 1.83. The lowest BCUT2D eigenvalue weighted by molar-refractivity contribution is 0.422. The third-order valence-corrected chi connectivity index (χ3v) is 2.96. The van der Waals surface area contributed by atoms with Gasteiger partial charge in [-0.3, -0.25) is 4.99 Å². The van der Waals surface area contributed by atoms with Crippen LogP contribution in [0.1, 0.15) is 19.5 Å². The van der Waals surface area contributed by atoms with E-state index in [1.54, 1.807) is 7.05 Å². The number of hydrogen-bond acceptors (Lipinski definition) is 3. The predicted molar refractivity (Wildman–Crippen MR) is 100 cm³/mol. The SMILES string of the molecule is CN=C(NCc1cc(-c2ccccc2)on1)NCC(C)C.I. The molecular weight excluding hydrogens is 391 g/mol. The van der Waals surface area contributed by atoms with Crippen molar-refractivity contribution in [3.8, 4) is 11.3 Å². The molecule has 0 saturated carbocycles. The molecule has 0 aliphatic heterocycles. The molecule has 0 amide bonds. The number of benzene rings is 1. The Bertz CT molecular complexity index is 581. The van der Waals surface area contributed by atoms with Gasteiger partial charge in [0.25, 0.3) is 0 Å². The predicted octanol–water partition coefficient (Wildman–Crippen LogP) is 3.28. The van der Waals surface area contributed by atoms with Gasteiger partial charge >= 0.3 is 0 Å². The zero-order valence-corrected chi connectivity index (χ0v) is 15.5. The van der Waals surface area contributed by atoms with Gasteiger partial charge < -0.3 is 15.2 Å². The average molecular weight is 414 g/mol. The lowest BCUT2D eigenvalue weighted by Crippen LogP contribution is -2.38. The molecule has 0 fully saturated rings. The van der Waals surface area contributed by atoms with Gasteiger partial charge in [-0.2, -0.15) is 0 Å². The monoisotopic (exact) mass is 414 g/mol. The highest BCUT2D eigenvalue weighted by atomic mass is 127. The topological polar surface area (TPSA) is 62.5 Å². The first-order valence-electron chi connectivity index (χ1n) is 7.14. The van der Waals surface area contributed by atoms with Crippen LogP contribution in [0.4, 0.5) is 0 Å². The highest BCUT2D eigenvalue weighted by molar-refractivity contribution is 14.0. The van der Waals surface area contributed by atoms with Crippen LogP contribution in [0.25, 0.3) is 11.3 Å². The molecule has 0 bridgehead atoms. The van der Waals surface area contributed by atoms with Crippen LogP contribution in [0.2, 0.25) is 0 Å². The van der Waals surface area contributed by atoms with Crippen molar-refractivity contribution in [1.82, 2.24) is 15.8 Å². The molecule has 0 saturated heterocycles. The molecule has 0 aliphatic rings. The van der Waals surface area contributed by atoms with Gasteiger partial charge in [0.05, 0.1) is 6.54 Å². The average Bonchev–Trinajstić information content (AvgIpc) is 2.97. The Kier molecular flexibility index (Phi) is 7.94. The highest BCUT2D eigenvalue weighted by Crippen LogP contribution is 2.19. The lowest BCUT2D eigenvalue weighted by atomic mass is 10.2. The van der Waals surface area contributed by atoms with E-state index in [-0.39, 0.29) is 24.0 Å². The first-order valence-corrected chi connectivity index (χ1v) is 7.14. The van der Waals surface area contributed by atoms with E-state index in [2.05, 4.69) is 34.6 Å². The minimum absolute atomic E-state index is 0. The number of rotatable bonds is 5. The summed E-state index contributed by atoms with van der Waals surface area (Å²) in [6.07, 6.45) is 0. The number of nitrogens with zero attached hydrogens (tertiary/aromatic N) is 2. The van der Waals surface area contributed by atoms with Gasteiger partial charge in [-0.1, -0.05) is 49.3 Å². The summed E-state index contributed by atoms with van der Waals surface area (Å²) in [5, 5.41) is 10.6. The summed E-state index contributed by atoms with van der Waals surface area (Å²) in [5.41, 5.74) is 1.87. The van der Waals surface area contributed by atoms with Gasteiger partial charge in [-0.05, 0) is 5.92 Å². The lowest BCUT2D eigenvalue weighted by Gasteiger charge is -2.12. The van der Waals surface area contributed by atoms with E-state index in [0.29, 0.717) is 12.5 Å². The van der Waals surface area contributed by atoms with Crippen LogP contribution in [0.3, 0.4) is 0 Å². The molecule has 0 unspecified atom stereocenters. The molecule has 0 spiro atoms. The number of guanidine groups is 1. The minimum Gasteiger partial charge on any atom is -0.356 e. The van der Waals surface area contributed by atoms with Crippen LogP contribution in [0.5, 0.6) is 0 Å². The van der Waals surface area contributed by atoms with Crippen molar-refractivity contribution >= 4 is 29.9 Å². The molecule has 1 aromatic carbocycles. The molecule has 22 heavy (non-hydrogen) atoms. The van der Waals surface area contributed by atoms with Crippen molar-refractivity contribution in [1.29, 1.82) is 0 Å². The van der Waals surface area contributed by atoms with Crippen LogP contribution < -0.4 is 10.6 Å². The van der Waals surface area contributed by atoms with Gasteiger partial charge in [0.2, 0.25) is 0 Å². The van der Waals surface area contributed by atoms with Crippen molar-refractivity contribution in [3.63, 3.8) is 0 Å². The van der Waals surface area contributed by atoms with Crippen LogP contribution in [-0.2, 0) is 6.54 Å². The van der Waals surface area contributed by atoms with E-state index < -0.39 is 0 Å². The van der Waals surface area contributed by atoms with Gasteiger partial charge in [0.15, 0.2) is 11.7 Å². The summed E-state index contributed by atoms with van der Waals surface area (Å²) in [6, 6.07) is 11.9. The van der Waals surface area contributed by atoms with Crippen LogP contribution in [0.15, 0.2) is 45.9 Å². The van der Waals surface area contributed by atoms with E-state index in [4.69, 9.17) is 4.52 Å². The molecule has 1 aromatic heterocycles. The van der Waals surface area contributed by atoms with Crippen molar-refractivity contribution in [2.75, 3.05) is 13.6 Å². The molecule has 2 N–H and O–H groups in total. The number of halogens is 1. The van der Waals surface area contributed by atoms with E-state index >= 15 is 0 Å². The second kappa shape index (κ2) is 9.45. The smallest absolute Gasteiger partial charge is 0.191 e. The van der Waals surface area contributed by atoms with E-state index in [0.717, 1.165) is 29.5 Å². The van der Waals surface area contributed by atoms with Gasteiger partial charge in [0, 0.05) is 25.2 Å². The third kappa shape index (κ3) is 5.67. The zero-order chi connectivity index (χ0) is 15.1. The Hall–Kier alpha value is -1.57. The Balaban J connectivity index is 0.00000242. The standard InChI is InChI=1S/C16H22N4O.HI/c1-12(2)10-18-16(17-3)19-11-14-9-15(21-20-14)13-7-5-4-6-8-13;/h4-9,12H,10-11H2,1-3H3,(H2,17,18,19);1H. The molecule has 6 heteroatoms. The fraction of sp³-hybridized carbons (Fsp3) is 0.375. The second-order valence-electron chi connectivity index (χ2n) is 5.25. The van der Waals surface area contributed by atoms with Crippen molar-refractivity contribution in [2.24, 2.45) is 10.9 Å². The zero-order valence-electron chi connectivity index (χ0n) is 13.2. The Morgan fingerprint density at radius 3 is 2.59 bits per heavy atom. The maximum atomic E-state index is 5.36. The molecule has 0 radical (unpaired) electrons. The Morgan fingerprint density at radius 2 is 1.95 bits per heavy atom. The van der Waals surface area contributed by atoms with Crippen LogP contribution in [0, 0.1) is 5.92 Å². The number of aromatic nitrogens is 1. The first kappa shape index (κ1) is 18.5. The van der Waals surface area contributed by atoms with Crippen molar-refractivity contribution in [3.05, 3.63) is 42.1 Å². The highest BCUT2D eigenvalue weighted by Gasteiger charge is 2.07. The maximum Gasteiger partial charge on any atom is 0.191 e. The van der Waals surface area contributed by atoms with Crippen LogP contribution >= 0.6 is 24.0 Å². The quantitative estimate of drug-likeness (QED) is 0.448. The molecule has 1 heterocycles. The molecular formula is C16H23IN4O. The number of hydrogen-bond donors (Lipinski definition) is 2. The van der Waals surface area contributed by atoms with E-state index in [9.17, 15) is 0 Å². The molecule has 0 atom stereocenters. The van der Waals surface area contributed by atoms with Gasteiger partial charge in [-0.25, -0.2) is 0 Å². The normalized spacial score (nSPS) is 11.2. The van der Waals surface area contributed by atoms with Gasteiger partial charge in [-0.15, -0.1) is 24.0 Å². The largest absolute Gasteiger partial charge is 0.356 e. The van der Waals surface area contributed by atoms with Crippen molar-refractivity contribution < 1.29 is 4.52 Å². The van der Waals surface area contributed by atoms with Gasteiger partial charge in [0.1, 0.15) is 5.69 Å². The number of aliphatic imine (C=N–C) groups is 1. The summed E-state index contributed by atoms with van der Waals surface area (Å²) < 4.78 is 5.36. The minimum atomic E-state index is 0. The van der Waals surface area contributed by atoms with E-state index in [1.165, 1.54) is 0 Å². The molecule has 5 nitrogen and oxygen atoms in total. The summed E-state index contributed by atoms with van der Waals surface area (Å²) in [6.45, 7) is 5.77.